The average Bonchev–Trinajstić information content (AvgIpc) is 2.50. The van der Waals surface area contributed by atoms with Gasteiger partial charge in [-0.05, 0) is 20.8 Å². The molecule has 10 nitrogen and oxygen atoms in total. The van der Waals surface area contributed by atoms with Crippen molar-refractivity contribution in [2.75, 3.05) is 6.54 Å². The molecule has 1 aromatic rings. The lowest BCUT2D eigenvalue weighted by Gasteiger charge is -2.22. The molecule has 0 aliphatic carbocycles. The van der Waals surface area contributed by atoms with Crippen molar-refractivity contribution in [3.63, 3.8) is 0 Å². The molecule has 0 aromatic heterocycles. The SMILES string of the molecule is CC(C)(C)OC(=O)NCC(O)C(O)c1cc([N+](=O)[O-])cc(C=O)c1O. The molecule has 1 aromatic carbocycles. The van der Waals surface area contributed by atoms with Crippen LogP contribution in [0.5, 0.6) is 5.75 Å². The first-order valence-corrected chi connectivity index (χ1v) is 7.25. The lowest BCUT2D eigenvalue weighted by Crippen LogP contribution is -2.38. The number of phenolic OH excluding ortho intramolecular Hbond substituents is 1. The number of carbonyl (C=O) groups excluding carboxylic acids is 2. The molecule has 1 rings (SSSR count). The summed E-state index contributed by atoms with van der Waals surface area (Å²) in [5, 5.41) is 43.0. The van der Waals surface area contributed by atoms with Gasteiger partial charge in [-0.2, -0.15) is 0 Å². The lowest BCUT2D eigenvalue weighted by atomic mass is 9.99. The van der Waals surface area contributed by atoms with Crippen LogP contribution in [0, 0.1) is 10.1 Å². The van der Waals surface area contributed by atoms with Crippen molar-refractivity contribution in [2.45, 2.75) is 38.6 Å². The Morgan fingerprint density at radius 2 is 2.00 bits per heavy atom. The monoisotopic (exact) mass is 356 g/mol. The molecule has 25 heavy (non-hydrogen) atoms. The van der Waals surface area contributed by atoms with Crippen LogP contribution in [0.1, 0.15) is 42.8 Å². The molecule has 0 fully saturated rings. The third-order valence-corrected chi connectivity index (χ3v) is 3.03. The predicted octanol–water partition coefficient (Wildman–Crippen LogP) is 1.03. The van der Waals surface area contributed by atoms with Crippen molar-refractivity contribution in [1.82, 2.24) is 5.32 Å². The number of carbonyl (C=O) groups is 2. The van der Waals surface area contributed by atoms with Crippen LogP contribution in [0.3, 0.4) is 0 Å². The van der Waals surface area contributed by atoms with E-state index >= 15 is 0 Å². The van der Waals surface area contributed by atoms with Crippen molar-refractivity contribution in [2.24, 2.45) is 0 Å². The molecule has 0 saturated carbocycles. The first-order valence-electron chi connectivity index (χ1n) is 7.25. The second kappa shape index (κ2) is 7.90. The van der Waals surface area contributed by atoms with Crippen molar-refractivity contribution < 1.29 is 34.6 Å². The van der Waals surface area contributed by atoms with Gasteiger partial charge >= 0.3 is 6.09 Å². The first-order chi connectivity index (χ1) is 11.5. The maximum absolute atomic E-state index is 11.5. The van der Waals surface area contributed by atoms with Crippen LogP contribution >= 0.6 is 0 Å². The van der Waals surface area contributed by atoms with E-state index in [1.807, 2.05) is 0 Å². The summed E-state index contributed by atoms with van der Waals surface area (Å²) in [4.78, 5) is 32.5. The number of ether oxygens (including phenoxy) is 1. The normalized spacial score (nSPS) is 13.6. The van der Waals surface area contributed by atoms with E-state index in [9.17, 15) is 35.0 Å². The van der Waals surface area contributed by atoms with E-state index in [1.165, 1.54) is 0 Å². The number of aliphatic hydroxyl groups is 2. The number of hydrogen-bond donors (Lipinski definition) is 4. The quantitative estimate of drug-likeness (QED) is 0.334. The van der Waals surface area contributed by atoms with Crippen LogP contribution in [-0.4, -0.2) is 50.9 Å². The molecular formula is C15H20N2O8. The number of nitrogens with one attached hydrogen (secondary N) is 1. The van der Waals surface area contributed by atoms with Crippen molar-refractivity contribution >= 4 is 18.1 Å². The van der Waals surface area contributed by atoms with Gasteiger partial charge in [0.1, 0.15) is 23.6 Å². The Morgan fingerprint density at radius 3 is 2.48 bits per heavy atom. The second-order valence-electron chi connectivity index (χ2n) is 6.24. The molecule has 0 aliphatic heterocycles. The third kappa shape index (κ3) is 5.69. The molecule has 0 bridgehead atoms. The van der Waals surface area contributed by atoms with Crippen LogP contribution < -0.4 is 5.32 Å². The van der Waals surface area contributed by atoms with E-state index in [4.69, 9.17) is 4.74 Å². The fraction of sp³-hybridized carbons (Fsp3) is 0.467. The molecule has 4 N–H and O–H groups in total. The minimum atomic E-state index is -1.78. The average molecular weight is 356 g/mol. The number of amides is 1. The molecule has 0 aliphatic rings. The largest absolute Gasteiger partial charge is 0.507 e. The Hall–Kier alpha value is -2.72. The molecule has 2 unspecified atom stereocenters. The Morgan fingerprint density at radius 1 is 1.40 bits per heavy atom. The third-order valence-electron chi connectivity index (χ3n) is 3.03. The van der Waals surface area contributed by atoms with E-state index in [0.717, 1.165) is 12.1 Å². The smallest absolute Gasteiger partial charge is 0.407 e. The van der Waals surface area contributed by atoms with E-state index < -0.39 is 57.9 Å². The van der Waals surface area contributed by atoms with Crippen molar-refractivity contribution in [3.8, 4) is 5.75 Å². The minimum Gasteiger partial charge on any atom is -0.507 e. The van der Waals surface area contributed by atoms with Gasteiger partial charge in [-0.25, -0.2) is 4.79 Å². The minimum absolute atomic E-state index is 0.184. The summed E-state index contributed by atoms with van der Waals surface area (Å²) in [7, 11) is 0. The number of nitrogens with zero attached hydrogens (tertiary/aromatic N) is 1. The van der Waals surface area contributed by atoms with Crippen LogP contribution in [0.4, 0.5) is 10.5 Å². The Bertz CT molecular complexity index is 668. The summed E-state index contributed by atoms with van der Waals surface area (Å²) in [5.41, 5.74) is -2.11. The highest BCUT2D eigenvalue weighted by molar-refractivity contribution is 5.81. The number of rotatable bonds is 6. The number of aliphatic hydroxyl groups excluding tert-OH is 2. The zero-order chi connectivity index (χ0) is 19.4. The number of phenols is 1. The van der Waals surface area contributed by atoms with Gasteiger partial charge in [0.25, 0.3) is 5.69 Å². The lowest BCUT2D eigenvalue weighted by molar-refractivity contribution is -0.385. The van der Waals surface area contributed by atoms with Gasteiger partial charge in [0, 0.05) is 24.2 Å². The molecule has 10 heteroatoms. The first kappa shape index (κ1) is 20.3. The fourth-order valence-corrected chi connectivity index (χ4v) is 1.91. The standard InChI is InChI=1S/C15H20N2O8/c1-15(2,3)25-14(22)16-6-11(19)13(21)10-5-9(17(23)24)4-8(7-18)12(10)20/h4-5,7,11,13,19-21H,6H2,1-3H3,(H,16,22). The fourth-order valence-electron chi connectivity index (χ4n) is 1.91. The number of nitro groups is 1. The molecule has 138 valence electrons. The van der Waals surface area contributed by atoms with Gasteiger partial charge in [0.05, 0.1) is 10.5 Å². The van der Waals surface area contributed by atoms with Gasteiger partial charge in [-0.15, -0.1) is 0 Å². The zero-order valence-electron chi connectivity index (χ0n) is 13.9. The number of benzene rings is 1. The molecule has 0 heterocycles. The number of alkyl carbamates (subject to hydrolysis) is 1. The van der Waals surface area contributed by atoms with E-state index in [1.54, 1.807) is 20.8 Å². The van der Waals surface area contributed by atoms with Gasteiger partial charge < -0.3 is 25.4 Å². The topological polar surface area (TPSA) is 159 Å². The van der Waals surface area contributed by atoms with E-state index in [-0.39, 0.29) is 6.29 Å². The molecule has 2 atom stereocenters. The summed E-state index contributed by atoms with van der Waals surface area (Å²) in [6.07, 6.45) is -4.05. The zero-order valence-corrected chi connectivity index (χ0v) is 13.9. The molecule has 1 amide bonds. The second-order valence-corrected chi connectivity index (χ2v) is 6.24. The summed E-state index contributed by atoms with van der Waals surface area (Å²) in [6, 6.07) is 1.67. The maximum Gasteiger partial charge on any atom is 0.407 e. The van der Waals surface area contributed by atoms with Gasteiger partial charge in [-0.3, -0.25) is 14.9 Å². The summed E-state index contributed by atoms with van der Waals surface area (Å²) in [6.45, 7) is 4.47. The molecule has 0 spiro atoms. The number of non-ortho nitro benzene ring substituents is 1. The number of aromatic hydroxyl groups is 1. The van der Waals surface area contributed by atoms with Gasteiger partial charge in [0.15, 0.2) is 6.29 Å². The van der Waals surface area contributed by atoms with Crippen molar-refractivity contribution in [1.29, 1.82) is 0 Å². The number of nitro benzene ring substituents is 1. The maximum atomic E-state index is 11.5. The van der Waals surface area contributed by atoms with E-state index in [2.05, 4.69) is 5.32 Å². The summed E-state index contributed by atoms with van der Waals surface area (Å²) in [5.74, 6) is -0.690. The van der Waals surface area contributed by atoms with Crippen LogP contribution in [0.25, 0.3) is 0 Å². The molecule has 0 radical (unpaired) electrons. The van der Waals surface area contributed by atoms with Crippen LogP contribution in [0.2, 0.25) is 0 Å². The Balaban J connectivity index is 2.93. The molecular weight excluding hydrogens is 336 g/mol. The summed E-state index contributed by atoms with van der Waals surface area (Å²) >= 11 is 0. The Labute approximate surface area is 143 Å². The van der Waals surface area contributed by atoms with Crippen LogP contribution in [0.15, 0.2) is 12.1 Å². The van der Waals surface area contributed by atoms with E-state index in [0.29, 0.717) is 0 Å². The highest BCUT2D eigenvalue weighted by Gasteiger charge is 2.27. The number of aldehydes is 1. The van der Waals surface area contributed by atoms with Crippen LogP contribution in [-0.2, 0) is 4.74 Å². The number of hydrogen-bond acceptors (Lipinski definition) is 8. The predicted molar refractivity (Wildman–Crippen MR) is 85.4 cm³/mol. The van der Waals surface area contributed by atoms with Gasteiger partial charge in [-0.1, -0.05) is 0 Å². The van der Waals surface area contributed by atoms with Crippen molar-refractivity contribution in [3.05, 3.63) is 33.4 Å². The van der Waals surface area contributed by atoms with Gasteiger partial charge in [0.2, 0.25) is 0 Å². The summed E-state index contributed by atoms with van der Waals surface area (Å²) < 4.78 is 4.96. The highest BCUT2D eigenvalue weighted by atomic mass is 16.6. The highest BCUT2D eigenvalue weighted by Crippen LogP contribution is 2.33. The Kier molecular flexibility index (Phi) is 6.42. The molecule has 0 saturated heterocycles.